The summed E-state index contributed by atoms with van der Waals surface area (Å²) in [5.74, 6) is 3.12. The Bertz CT molecular complexity index is 800. The van der Waals surface area contributed by atoms with E-state index < -0.39 is 0 Å². The second-order valence-electron chi connectivity index (χ2n) is 8.05. The first-order valence-electron chi connectivity index (χ1n) is 10.8. The molecule has 0 aliphatic carbocycles. The molecule has 1 unspecified atom stereocenters. The number of benzene rings is 1. The first kappa shape index (κ1) is 24.7. The fourth-order valence-corrected chi connectivity index (χ4v) is 3.82. The molecule has 1 aromatic carbocycles. The smallest absolute Gasteiger partial charge is 0.214 e. The lowest BCUT2D eigenvalue weighted by Gasteiger charge is -2.31. The zero-order valence-electron chi connectivity index (χ0n) is 18.7. The largest absolute Gasteiger partial charge is 0.444 e. The third-order valence-electron chi connectivity index (χ3n) is 5.49. The number of oxazole rings is 1. The number of aryl methyl sites for hydroxylation is 2. The lowest BCUT2D eigenvalue weighted by Crippen LogP contribution is -2.37. The van der Waals surface area contributed by atoms with Gasteiger partial charge in [-0.15, -0.1) is 24.0 Å². The number of piperidine rings is 1. The molecule has 0 bridgehead atoms. The van der Waals surface area contributed by atoms with Gasteiger partial charge < -0.3 is 15.1 Å². The van der Waals surface area contributed by atoms with Gasteiger partial charge in [0.05, 0.1) is 18.8 Å². The fraction of sp³-hybridized carbons (Fsp3) is 0.565. The van der Waals surface area contributed by atoms with Gasteiger partial charge in [-0.2, -0.15) is 0 Å². The average molecular weight is 525 g/mol. The fourth-order valence-electron chi connectivity index (χ4n) is 3.82. The molecule has 2 N–H and O–H groups in total. The Balaban J connectivity index is 0.00000320. The molecule has 0 radical (unpaired) electrons. The lowest BCUT2D eigenvalue weighted by molar-refractivity contribution is 0.176. The molecule has 166 valence electrons. The second kappa shape index (κ2) is 12.3. The number of rotatable bonds is 7. The number of guanidine groups is 1. The van der Waals surface area contributed by atoms with Crippen molar-refractivity contribution in [2.24, 2.45) is 10.9 Å². The van der Waals surface area contributed by atoms with Crippen molar-refractivity contribution in [3.8, 4) is 0 Å². The molecule has 3 rings (SSSR count). The summed E-state index contributed by atoms with van der Waals surface area (Å²) in [7, 11) is 0. The van der Waals surface area contributed by atoms with Crippen molar-refractivity contribution in [2.75, 3.05) is 19.6 Å². The van der Waals surface area contributed by atoms with Gasteiger partial charge in [0.15, 0.2) is 5.96 Å². The Kier molecular flexibility index (Phi) is 10.1. The van der Waals surface area contributed by atoms with Crippen LogP contribution in [-0.2, 0) is 19.6 Å². The molecule has 2 heterocycles. The highest BCUT2D eigenvalue weighted by Gasteiger charge is 2.17. The highest BCUT2D eigenvalue weighted by molar-refractivity contribution is 14.0. The first-order chi connectivity index (χ1) is 14.0. The molecule has 1 aliphatic heterocycles. The van der Waals surface area contributed by atoms with E-state index >= 15 is 0 Å². The van der Waals surface area contributed by atoms with Gasteiger partial charge in [0.2, 0.25) is 5.89 Å². The number of nitrogens with zero attached hydrogens (tertiary/aromatic N) is 3. The van der Waals surface area contributed by atoms with Crippen LogP contribution in [0, 0.1) is 19.8 Å². The molecule has 0 saturated carbocycles. The van der Waals surface area contributed by atoms with Crippen LogP contribution < -0.4 is 10.6 Å². The van der Waals surface area contributed by atoms with Gasteiger partial charge in [-0.1, -0.05) is 31.2 Å². The van der Waals surface area contributed by atoms with Gasteiger partial charge in [-0.25, -0.2) is 9.98 Å². The summed E-state index contributed by atoms with van der Waals surface area (Å²) in [5, 5.41) is 6.64. The second-order valence-corrected chi connectivity index (χ2v) is 8.05. The molecule has 30 heavy (non-hydrogen) atoms. The molecular weight excluding hydrogens is 489 g/mol. The highest BCUT2D eigenvalue weighted by Crippen LogP contribution is 2.20. The van der Waals surface area contributed by atoms with E-state index in [0.29, 0.717) is 19.0 Å². The number of aromatic nitrogens is 1. The monoisotopic (exact) mass is 525 g/mol. The van der Waals surface area contributed by atoms with Crippen molar-refractivity contribution in [3.05, 3.63) is 52.7 Å². The molecule has 0 amide bonds. The number of likely N-dealkylation sites (tertiary alicyclic amines) is 1. The van der Waals surface area contributed by atoms with E-state index in [4.69, 9.17) is 9.41 Å². The summed E-state index contributed by atoms with van der Waals surface area (Å²) >= 11 is 0. The Morgan fingerprint density at radius 1 is 1.23 bits per heavy atom. The SMILES string of the molecule is CCNC(=NCc1ccccc1CN1CCCC(C)C1)NCc1nc(C)c(C)o1.I. The maximum Gasteiger partial charge on any atom is 0.214 e. The molecule has 1 aliphatic rings. The number of hydrogen-bond acceptors (Lipinski definition) is 4. The van der Waals surface area contributed by atoms with Crippen molar-refractivity contribution in [1.29, 1.82) is 0 Å². The van der Waals surface area contributed by atoms with Gasteiger partial charge in [0.25, 0.3) is 0 Å². The molecule has 1 saturated heterocycles. The first-order valence-corrected chi connectivity index (χ1v) is 10.8. The molecule has 6 nitrogen and oxygen atoms in total. The van der Waals surface area contributed by atoms with Crippen molar-refractivity contribution < 1.29 is 4.42 Å². The molecule has 2 aromatic rings. The van der Waals surface area contributed by atoms with Gasteiger partial charge in [0.1, 0.15) is 5.76 Å². The van der Waals surface area contributed by atoms with E-state index in [1.807, 2.05) is 13.8 Å². The van der Waals surface area contributed by atoms with Gasteiger partial charge in [-0.05, 0) is 57.2 Å². The highest BCUT2D eigenvalue weighted by atomic mass is 127. The summed E-state index contributed by atoms with van der Waals surface area (Å²) in [6.07, 6.45) is 2.65. The molecule has 1 aromatic heterocycles. The minimum Gasteiger partial charge on any atom is -0.444 e. The van der Waals surface area contributed by atoms with Gasteiger partial charge >= 0.3 is 0 Å². The maximum absolute atomic E-state index is 5.66. The van der Waals surface area contributed by atoms with Crippen LogP contribution in [0.15, 0.2) is 33.7 Å². The Morgan fingerprint density at radius 2 is 2.00 bits per heavy atom. The van der Waals surface area contributed by atoms with Crippen LogP contribution in [0.3, 0.4) is 0 Å². The number of halogens is 1. The third kappa shape index (κ3) is 7.27. The maximum atomic E-state index is 5.66. The van der Waals surface area contributed by atoms with E-state index in [1.165, 1.54) is 37.1 Å². The molecule has 1 atom stereocenters. The number of aliphatic imine (C=N–C) groups is 1. The molecule has 7 heteroatoms. The van der Waals surface area contributed by atoms with Crippen LogP contribution >= 0.6 is 24.0 Å². The summed E-state index contributed by atoms with van der Waals surface area (Å²) < 4.78 is 5.66. The zero-order chi connectivity index (χ0) is 20.6. The minimum atomic E-state index is 0. The van der Waals surface area contributed by atoms with E-state index in [0.717, 1.165) is 36.4 Å². The normalized spacial score (nSPS) is 17.5. The quantitative estimate of drug-likeness (QED) is 0.319. The van der Waals surface area contributed by atoms with Crippen LogP contribution in [0.5, 0.6) is 0 Å². The van der Waals surface area contributed by atoms with E-state index in [9.17, 15) is 0 Å². The van der Waals surface area contributed by atoms with Gasteiger partial charge in [-0.3, -0.25) is 4.90 Å². The van der Waals surface area contributed by atoms with E-state index in [-0.39, 0.29) is 24.0 Å². The molecule has 1 fully saturated rings. The molecular formula is C23H36IN5O. The summed E-state index contributed by atoms with van der Waals surface area (Å²) in [6, 6.07) is 8.66. The Hall–Kier alpha value is -1.61. The Labute approximate surface area is 198 Å². The molecule has 0 spiro atoms. The summed E-state index contributed by atoms with van der Waals surface area (Å²) in [6.45, 7) is 13.7. The predicted molar refractivity (Wildman–Crippen MR) is 133 cm³/mol. The summed E-state index contributed by atoms with van der Waals surface area (Å²) in [4.78, 5) is 11.8. The third-order valence-corrected chi connectivity index (χ3v) is 5.49. The average Bonchev–Trinajstić information content (AvgIpc) is 3.02. The zero-order valence-corrected chi connectivity index (χ0v) is 21.0. The van der Waals surface area contributed by atoms with Crippen LogP contribution in [0.2, 0.25) is 0 Å². The minimum absolute atomic E-state index is 0. The van der Waals surface area contributed by atoms with Crippen molar-refractivity contribution in [2.45, 2.75) is 60.2 Å². The summed E-state index contributed by atoms with van der Waals surface area (Å²) in [5.41, 5.74) is 3.59. The predicted octanol–water partition coefficient (Wildman–Crippen LogP) is 4.40. The topological polar surface area (TPSA) is 65.7 Å². The van der Waals surface area contributed by atoms with Crippen molar-refractivity contribution in [1.82, 2.24) is 20.5 Å². The van der Waals surface area contributed by atoms with Crippen LogP contribution in [0.1, 0.15) is 55.2 Å². The lowest BCUT2D eigenvalue weighted by atomic mass is 9.99. The number of nitrogens with one attached hydrogen (secondary N) is 2. The van der Waals surface area contributed by atoms with Gasteiger partial charge in [0, 0.05) is 19.6 Å². The van der Waals surface area contributed by atoms with Crippen LogP contribution in [0.4, 0.5) is 0 Å². The van der Waals surface area contributed by atoms with Crippen molar-refractivity contribution in [3.63, 3.8) is 0 Å². The Morgan fingerprint density at radius 3 is 2.67 bits per heavy atom. The van der Waals surface area contributed by atoms with Crippen LogP contribution in [0.25, 0.3) is 0 Å². The van der Waals surface area contributed by atoms with Crippen molar-refractivity contribution >= 4 is 29.9 Å². The number of hydrogen-bond donors (Lipinski definition) is 2. The van der Waals surface area contributed by atoms with E-state index in [2.05, 4.69) is 58.6 Å². The van der Waals surface area contributed by atoms with Crippen LogP contribution in [-0.4, -0.2) is 35.5 Å². The van der Waals surface area contributed by atoms with E-state index in [1.54, 1.807) is 0 Å². The standard InChI is InChI=1S/C23H35N5O.HI/c1-5-24-23(26-14-22-27-18(3)19(4)29-22)25-13-20-10-6-7-11-21(20)16-28-12-8-9-17(2)15-28;/h6-7,10-11,17H,5,8-9,12-16H2,1-4H3,(H2,24,25,26);1H.